The number of rotatable bonds is 7. The van der Waals surface area contributed by atoms with Crippen molar-refractivity contribution in [2.24, 2.45) is 4.99 Å². The minimum atomic E-state index is -0.260. The largest absolute Gasteiger partial charge is 0.492 e. The van der Waals surface area contributed by atoms with Crippen LogP contribution in [0.4, 0.5) is 10.1 Å². The van der Waals surface area contributed by atoms with Crippen LogP contribution in [-0.2, 0) is 11.2 Å². The molecular formula is C19H16Cl2FNO2. The molecule has 0 atom stereocenters. The molecule has 0 fully saturated rings. The maximum Gasteiger partial charge on any atom is 0.138 e. The first-order valence-corrected chi connectivity index (χ1v) is 8.71. The van der Waals surface area contributed by atoms with Crippen LogP contribution in [-0.4, -0.2) is 18.1 Å². The number of nitrogens with zero attached hydrogens (tertiary/aromatic N) is 1. The molecule has 0 amide bonds. The van der Waals surface area contributed by atoms with Crippen molar-refractivity contribution in [2.45, 2.75) is 25.7 Å². The van der Waals surface area contributed by atoms with E-state index in [9.17, 15) is 9.18 Å². The molecule has 2 aromatic rings. The van der Waals surface area contributed by atoms with Crippen molar-refractivity contribution in [3.05, 3.63) is 57.8 Å². The van der Waals surface area contributed by atoms with Crippen LogP contribution < -0.4 is 4.74 Å². The topological polar surface area (TPSA) is 38.7 Å². The van der Waals surface area contributed by atoms with E-state index in [4.69, 9.17) is 27.9 Å². The van der Waals surface area contributed by atoms with Crippen LogP contribution in [0.1, 0.15) is 24.8 Å². The van der Waals surface area contributed by atoms with E-state index in [1.807, 2.05) is 0 Å². The van der Waals surface area contributed by atoms with E-state index in [-0.39, 0.29) is 18.2 Å². The van der Waals surface area contributed by atoms with Gasteiger partial charge in [-0.15, -0.1) is 0 Å². The van der Waals surface area contributed by atoms with Crippen LogP contribution in [0.2, 0.25) is 10.0 Å². The molecular weight excluding hydrogens is 364 g/mol. The van der Waals surface area contributed by atoms with Crippen molar-refractivity contribution in [1.82, 2.24) is 0 Å². The third kappa shape index (κ3) is 4.80. The molecule has 0 N–H and O–H groups in total. The van der Waals surface area contributed by atoms with Gasteiger partial charge in [0, 0.05) is 30.0 Å². The average Bonchev–Trinajstić information content (AvgIpc) is 2.97. The molecule has 0 unspecified atom stereocenters. The Labute approximate surface area is 155 Å². The predicted octanol–water partition coefficient (Wildman–Crippen LogP) is 5.58. The molecule has 0 saturated carbocycles. The van der Waals surface area contributed by atoms with E-state index in [1.54, 1.807) is 24.3 Å². The number of ketones is 1. The van der Waals surface area contributed by atoms with E-state index < -0.39 is 0 Å². The van der Waals surface area contributed by atoms with Crippen molar-refractivity contribution < 1.29 is 13.9 Å². The Morgan fingerprint density at radius 1 is 1.16 bits per heavy atom. The summed E-state index contributed by atoms with van der Waals surface area (Å²) in [7, 11) is 0. The molecule has 0 saturated heterocycles. The zero-order valence-electron chi connectivity index (χ0n) is 13.4. The summed E-state index contributed by atoms with van der Waals surface area (Å²) in [5, 5.41) is 0.955. The van der Waals surface area contributed by atoms with Crippen molar-refractivity contribution in [3.8, 4) is 5.75 Å². The van der Waals surface area contributed by atoms with Crippen LogP contribution in [0.5, 0.6) is 5.75 Å². The van der Waals surface area contributed by atoms with Gasteiger partial charge in [-0.05, 0) is 48.4 Å². The highest BCUT2D eigenvalue weighted by atomic mass is 35.5. The summed E-state index contributed by atoms with van der Waals surface area (Å²) in [6.45, 7) is 0.262. The lowest BCUT2D eigenvalue weighted by atomic mass is 10.0. The molecule has 6 heteroatoms. The monoisotopic (exact) mass is 379 g/mol. The Kier molecular flexibility index (Phi) is 5.71. The Hall–Kier alpha value is -1.91. The SMILES string of the molecule is O=C(CCOc1ccc(Cl)cc1Cl)CCC1=Nc2ccc(F)cc2C1. The van der Waals surface area contributed by atoms with E-state index in [1.165, 1.54) is 12.1 Å². The number of halogens is 3. The fourth-order valence-corrected chi connectivity index (χ4v) is 3.12. The average molecular weight is 380 g/mol. The minimum absolute atomic E-state index is 0.0925. The van der Waals surface area contributed by atoms with Crippen molar-refractivity contribution in [1.29, 1.82) is 0 Å². The first kappa shape index (κ1) is 17.9. The summed E-state index contributed by atoms with van der Waals surface area (Å²) in [4.78, 5) is 16.5. The zero-order chi connectivity index (χ0) is 17.8. The molecule has 3 nitrogen and oxygen atoms in total. The maximum absolute atomic E-state index is 13.2. The van der Waals surface area contributed by atoms with E-state index >= 15 is 0 Å². The van der Waals surface area contributed by atoms with E-state index in [0.29, 0.717) is 41.5 Å². The number of aliphatic imine (C=N–C) groups is 1. The van der Waals surface area contributed by atoms with Gasteiger partial charge in [-0.25, -0.2) is 4.39 Å². The molecule has 130 valence electrons. The normalized spacial score (nSPS) is 12.7. The number of hydrogen-bond donors (Lipinski definition) is 0. The number of carbonyl (C=O) groups excluding carboxylic acids is 1. The van der Waals surface area contributed by atoms with Crippen LogP contribution in [0.15, 0.2) is 41.4 Å². The number of fused-ring (bicyclic) bond motifs is 1. The van der Waals surface area contributed by atoms with Crippen molar-refractivity contribution >= 4 is 40.4 Å². The number of hydrogen-bond acceptors (Lipinski definition) is 3. The minimum Gasteiger partial charge on any atom is -0.492 e. The van der Waals surface area contributed by atoms with Crippen LogP contribution >= 0.6 is 23.2 Å². The highest BCUT2D eigenvalue weighted by Gasteiger charge is 2.16. The number of ether oxygens (including phenoxy) is 1. The molecule has 2 aromatic carbocycles. The molecule has 0 bridgehead atoms. The smallest absolute Gasteiger partial charge is 0.138 e. The number of Topliss-reactive ketones (excluding diaryl/α,β-unsaturated/α-hetero) is 1. The molecule has 25 heavy (non-hydrogen) atoms. The molecule has 1 aliphatic rings. The third-order valence-electron chi connectivity index (χ3n) is 3.94. The summed E-state index contributed by atoms with van der Waals surface area (Å²) < 4.78 is 18.7. The van der Waals surface area contributed by atoms with Gasteiger partial charge in [-0.3, -0.25) is 9.79 Å². The lowest BCUT2D eigenvalue weighted by Gasteiger charge is -2.07. The lowest BCUT2D eigenvalue weighted by Crippen LogP contribution is -2.09. The third-order valence-corrected chi connectivity index (χ3v) is 4.47. The zero-order valence-corrected chi connectivity index (χ0v) is 14.9. The van der Waals surface area contributed by atoms with Crippen LogP contribution in [0, 0.1) is 5.82 Å². The standard InChI is InChI=1S/C19H16Cl2FNO2/c20-13-1-6-19(17(21)11-13)25-8-7-16(24)4-3-15-10-12-9-14(22)2-5-18(12)23-15/h1-2,5-6,9,11H,3-4,7-8,10H2. The van der Waals surface area contributed by atoms with Gasteiger partial charge in [-0.2, -0.15) is 0 Å². The second-order valence-corrected chi connectivity index (χ2v) is 6.68. The fourth-order valence-electron chi connectivity index (χ4n) is 2.65. The second-order valence-electron chi connectivity index (χ2n) is 5.84. The van der Waals surface area contributed by atoms with Gasteiger partial charge < -0.3 is 4.74 Å². The maximum atomic E-state index is 13.2. The molecule has 0 aromatic heterocycles. The van der Waals surface area contributed by atoms with Gasteiger partial charge >= 0.3 is 0 Å². The molecule has 3 rings (SSSR count). The van der Waals surface area contributed by atoms with Crippen LogP contribution in [0.3, 0.4) is 0 Å². The van der Waals surface area contributed by atoms with Gasteiger partial charge in [0.2, 0.25) is 0 Å². The van der Waals surface area contributed by atoms with Gasteiger partial charge in [-0.1, -0.05) is 23.2 Å². The Morgan fingerprint density at radius 3 is 2.80 bits per heavy atom. The first-order valence-electron chi connectivity index (χ1n) is 7.95. The summed E-state index contributed by atoms with van der Waals surface area (Å²) >= 11 is 11.8. The highest BCUT2D eigenvalue weighted by molar-refractivity contribution is 6.35. The molecule has 1 heterocycles. The first-order chi connectivity index (χ1) is 12.0. The molecule has 1 aliphatic heterocycles. The van der Waals surface area contributed by atoms with E-state index in [2.05, 4.69) is 4.99 Å². The van der Waals surface area contributed by atoms with Crippen LogP contribution in [0.25, 0.3) is 0 Å². The Balaban J connectivity index is 1.42. The number of carbonyl (C=O) groups is 1. The number of benzene rings is 2. The quantitative estimate of drug-likeness (QED) is 0.629. The summed E-state index contributed by atoms with van der Waals surface area (Å²) in [5.74, 6) is 0.343. The van der Waals surface area contributed by atoms with Gasteiger partial charge in [0.25, 0.3) is 0 Å². The van der Waals surface area contributed by atoms with E-state index in [0.717, 1.165) is 17.0 Å². The Bertz CT molecular complexity index is 836. The summed E-state index contributed by atoms with van der Waals surface area (Å²) in [5.41, 5.74) is 2.59. The molecule has 0 radical (unpaired) electrons. The van der Waals surface area contributed by atoms with Crippen molar-refractivity contribution in [2.75, 3.05) is 6.61 Å². The van der Waals surface area contributed by atoms with Gasteiger partial charge in [0.05, 0.1) is 17.3 Å². The van der Waals surface area contributed by atoms with Gasteiger partial charge in [0.15, 0.2) is 0 Å². The van der Waals surface area contributed by atoms with Gasteiger partial charge in [0.1, 0.15) is 17.3 Å². The highest BCUT2D eigenvalue weighted by Crippen LogP contribution is 2.29. The summed E-state index contributed by atoms with van der Waals surface area (Å²) in [6, 6.07) is 9.53. The predicted molar refractivity (Wildman–Crippen MR) is 98.0 cm³/mol. The molecule has 0 aliphatic carbocycles. The second kappa shape index (κ2) is 7.98. The summed E-state index contributed by atoms with van der Waals surface area (Å²) in [6.07, 6.45) is 1.88. The van der Waals surface area contributed by atoms with Crippen molar-refractivity contribution in [3.63, 3.8) is 0 Å². The Morgan fingerprint density at radius 2 is 2.00 bits per heavy atom. The fraction of sp³-hybridized carbons (Fsp3) is 0.263. The molecule has 0 spiro atoms. The lowest BCUT2D eigenvalue weighted by molar-refractivity contribution is -0.119.